The molecule has 2 aliphatic heterocycles. The number of benzene rings is 1. The van der Waals surface area contributed by atoms with E-state index in [1.165, 1.54) is 18.1 Å². The Labute approximate surface area is 183 Å². The van der Waals surface area contributed by atoms with E-state index in [1.54, 1.807) is 0 Å². The number of H-pyrrole nitrogens is 1. The second kappa shape index (κ2) is 8.97. The zero-order chi connectivity index (χ0) is 22.0. The zero-order valence-corrected chi connectivity index (χ0v) is 18.9. The van der Waals surface area contributed by atoms with Gasteiger partial charge in [-0.1, -0.05) is 0 Å². The average molecular weight is 447 g/mol. The average Bonchev–Trinajstić information content (AvgIpc) is 3.38. The molecule has 2 fully saturated rings. The molecule has 2 saturated heterocycles. The van der Waals surface area contributed by atoms with Gasteiger partial charge in [-0.25, -0.2) is 8.42 Å². The van der Waals surface area contributed by atoms with Gasteiger partial charge in [-0.15, -0.1) is 0 Å². The highest BCUT2D eigenvalue weighted by Gasteiger charge is 2.32. The lowest BCUT2D eigenvalue weighted by Gasteiger charge is -2.34. The third-order valence-electron chi connectivity index (χ3n) is 6.09. The summed E-state index contributed by atoms with van der Waals surface area (Å²) in [4.78, 5) is 19.6. The Hall–Kier alpha value is -2.43. The maximum atomic E-state index is 12.7. The number of hydrogen-bond donors (Lipinski definition) is 2. The zero-order valence-electron chi connectivity index (χ0n) is 18.0. The number of likely N-dealkylation sites (tertiary alicyclic amines) is 1. The number of piperazine rings is 1. The topological polar surface area (TPSA) is 102 Å². The summed E-state index contributed by atoms with van der Waals surface area (Å²) < 4.78 is 24.1. The fourth-order valence-electron chi connectivity index (χ4n) is 4.37. The van der Waals surface area contributed by atoms with Crippen molar-refractivity contribution < 1.29 is 13.2 Å². The van der Waals surface area contributed by atoms with E-state index in [2.05, 4.69) is 32.4 Å². The molecule has 1 aromatic heterocycles. The summed E-state index contributed by atoms with van der Waals surface area (Å²) in [7, 11) is -1.24. The molecule has 0 spiro atoms. The van der Waals surface area contributed by atoms with E-state index >= 15 is 0 Å². The van der Waals surface area contributed by atoms with E-state index in [1.807, 2.05) is 29.2 Å². The Morgan fingerprint density at radius 2 is 1.87 bits per heavy atom. The lowest BCUT2D eigenvalue weighted by Crippen LogP contribution is -2.44. The van der Waals surface area contributed by atoms with Crippen molar-refractivity contribution in [1.82, 2.24) is 20.0 Å². The summed E-state index contributed by atoms with van der Waals surface area (Å²) in [5.41, 5.74) is 2.50. The second-order valence-electron chi connectivity index (χ2n) is 8.43. The van der Waals surface area contributed by atoms with Crippen molar-refractivity contribution >= 4 is 27.1 Å². The van der Waals surface area contributed by atoms with Gasteiger partial charge in [0.25, 0.3) is 0 Å². The van der Waals surface area contributed by atoms with Gasteiger partial charge in [-0.2, -0.15) is 5.10 Å². The third-order valence-corrected chi connectivity index (χ3v) is 7.22. The molecule has 0 aliphatic carbocycles. The SMILES string of the molecule is CN1CCN(c2ccc(NC(=O)CN3CCC[C@@H]3c3[nH]ncc3S(C)(=O)=O)cc2)CC1. The minimum atomic E-state index is -3.37. The number of hydrogen-bond acceptors (Lipinski definition) is 7. The van der Waals surface area contributed by atoms with Crippen LogP contribution in [0.5, 0.6) is 0 Å². The van der Waals surface area contributed by atoms with Gasteiger partial charge in [0.05, 0.1) is 24.5 Å². The first-order chi connectivity index (χ1) is 14.8. The van der Waals surface area contributed by atoms with Crippen LogP contribution in [0.3, 0.4) is 0 Å². The number of rotatable bonds is 6. The van der Waals surface area contributed by atoms with E-state index in [-0.39, 0.29) is 23.4 Å². The van der Waals surface area contributed by atoms with E-state index in [4.69, 9.17) is 0 Å². The van der Waals surface area contributed by atoms with Crippen molar-refractivity contribution in [2.75, 3.05) is 62.8 Å². The minimum Gasteiger partial charge on any atom is -0.369 e. The number of aromatic amines is 1. The van der Waals surface area contributed by atoms with Gasteiger partial charge in [0.1, 0.15) is 4.90 Å². The first-order valence-corrected chi connectivity index (χ1v) is 12.5. The quantitative estimate of drug-likeness (QED) is 0.690. The van der Waals surface area contributed by atoms with E-state index < -0.39 is 9.84 Å². The lowest BCUT2D eigenvalue weighted by atomic mass is 10.1. The van der Waals surface area contributed by atoms with Crippen LogP contribution in [0.25, 0.3) is 0 Å². The van der Waals surface area contributed by atoms with Crippen molar-refractivity contribution in [3.8, 4) is 0 Å². The Morgan fingerprint density at radius 1 is 1.16 bits per heavy atom. The van der Waals surface area contributed by atoms with Crippen LogP contribution in [-0.2, 0) is 14.6 Å². The summed E-state index contributed by atoms with van der Waals surface area (Å²) in [5, 5.41) is 9.73. The number of likely N-dealkylation sites (N-methyl/N-ethyl adjacent to an activating group) is 1. The van der Waals surface area contributed by atoms with Gasteiger partial charge < -0.3 is 15.1 Å². The molecule has 1 amide bonds. The van der Waals surface area contributed by atoms with Gasteiger partial charge >= 0.3 is 0 Å². The molecule has 0 saturated carbocycles. The Balaban J connectivity index is 1.37. The summed E-state index contributed by atoms with van der Waals surface area (Å²) in [5.74, 6) is -0.111. The van der Waals surface area contributed by atoms with Crippen LogP contribution in [-0.4, -0.2) is 86.9 Å². The predicted octanol–water partition coefficient (Wildman–Crippen LogP) is 1.34. The highest BCUT2D eigenvalue weighted by atomic mass is 32.2. The minimum absolute atomic E-state index is 0.111. The first kappa shape index (κ1) is 21.8. The van der Waals surface area contributed by atoms with E-state index in [0.717, 1.165) is 51.3 Å². The van der Waals surface area contributed by atoms with Crippen LogP contribution in [0.1, 0.15) is 24.6 Å². The highest BCUT2D eigenvalue weighted by molar-refractivity contribution is 7.90. The number of sulfone groups is 1. The summed E-state index contributed by atoms with van der Waals surface area (Å²) >= 11 is 0. The highest BCUT2D eigenvalue weighted by Crippen LogP contribution is 2.33. The summed E-state index contributed by atoms with van der Waals surface area (Å²) in [6, 6.07) is 7.80. The molecule has 3 heterocycles. The molecule has 0 unspecified atom stereocenters. The molecule has 2 aliphatic rings. The van der Waals surface area contributed by atoms with Crippen molar-refractivity contribution in [2.24, 2.45) is 0 Å². The largest absolute Gasteiger partial charge is 0.369 e. The number of nitrogens with zero attached hydrogens (tertiary/aromatic N) is 4. The molecular weight excluding hydrogens is 416 g/mol. The molecule has 2 aromatic rings. The van der Waals surface area contributed by atoms with Crippen LogP contribution in [0, 0.1) is 0 Å². The van der Waals surface area contributed by atoms with Gasteiger partial charge in [-0.3, -0.25) is 14.8 Å². The maximum absolute atomic E-state index is 12.7. The molecule has 31 heavy (non-hydrogen) atoms. The van der Waals surface area contributed by atoms with Gasteiger partial charge in [-0.05, 0) is 50.7 Å². The number of aromatic nitrogens is 2. The smallest absolute Gasteiger partial charge is 0.238 e. The van der Waals surface area contributed by atoms with Crippen LogP contribution in [0.2, 0.25) is 0 Å². The molecule has 0 radical (unpaired) electrons. The molecule has 10 heteroatoms. The van der Waals surface area contributed by atoms with Crippen molar-refractivity contribution in [2.45, 2.75) is 23.8 Å². The van der Waals surface area contributed by atoms with Crippen LogP contribution in [0.15, 0.2) is 35.4 Å². The Morgan fingerprint density at radius 3 is 2.55 bits per heavy atom. The Bertz CT molecular complexity index is 1010. The monoisotopic (exact) mass is 446 g/mol. The van der Waals surface area contributed by atoms with Crippen molar-refractivity contribution in [3.05, 3.63) is 36.2 Å². The second-order valence-corrected chi connectivity index (χ2v) is 10.4. The number of carbonyl (C=O) groups is 1. The van der Waals surface area contributed by atoms with Crippen LogP contribution >= 0.6 is 0 Å². The van der Waals surface area contributed by atoms with Crippen molar-refractivity contribution in [1.29, 1.82) is 0 Å². The number of anilines is 2. The Kier molecular flexibility index (Phi) is 6.31. The summed E-state index contributed by atoms with van der Waals surface area (Å²) in [6.07, 6.45) is 4.22. The molecule has 0 bridgehead atoms. The molecule has 2 N–H and O–H groups in total. The van der Waals surface area contributed by atoms with Gasteiger partial charge in [0, 0.05) is 43.8 Å². The molecule has 9 nitrogen and oxygen atoms in total. The molecule has 168 valence electrons. The maximum Gasteiger partial charge on any atom is 0.238 e. The number of carbonyl (C=O) groups excluding carboxylic acids is 1. The van der Waals surface area contributed by atoms with Gasteiger partial charge in [0.2, 0.25) is 5.91 Å². The van der Waals surface area contributed by atoms with Gasteiger partial charge in [0.15, 0.2) is 9.84 Å². The first-order valence-electron chi connectivity index (χ1n) is 10.6. The summed E-state index contributed by atoms with van der Waals surface area (Å²) in [6.45, 7) is 5.04. The van der Waals surface area contributed by atoms with Crippen LogP contribution < -0.4 is 10.2 Å². The fraction of sp³-hybridized carbons (Fsp3) is 0.524. The third kappa shape index (κ3) is 5.08. The lowest BCUT2D eigenvalue weighted by molar-refractivity contribution is -0.117. The molecule has 1 aromatic carbocycles. The van der Waals surface area contributed by atoms with E-state index in [9.17, 15) is 13.2 Å². The normalized spacial score (nSPS) is 20.8. The number of nitrogens with one attached hydrogen (secondary N) is 2. The molecular formula is C21H30N6O3S. The fourth-order valence-corrected chi connectivity index (χ4v) is 5.19. The number of amides is 1. The molecule has 1 atom stereocenters. The van der Waals surface area contributed by atoms with E-state index in [0.29, 0.717) is 5.69 Å². The predicted molar refractivity (Wildman–Crippen MR) is 120 cm³/mol. The van der Waals surface area contributed by atoms with Crippen LogP contribution in [0.4, 0.5) is 11.4 Å². The molecule has 4 rings (SSSR count). The standard InChI is InChI=1S/C21H30N6O3S/c1-25-10-12-26(13-11-25)17-7-5-16(6-8-17)23-20(28)15-27-9-3-4-18(27)21-19(14-22-24-21)31(2,29)30/h5-8,14,18H,3-4,9-13,15H2,1-2H3,(H,22,24)(H,23,28)/t18-/m1/s1. The van der Waals surface area contributed by atoms with Crippen molar-refractivity contribution in [3.63, 3.8) is 0 Å².